The number of carbonyl (C=O) groups excluding carboxylic acids is 1. The Labute approximate surface area is 744 Å². The van der Waals surface area contributed by atoms with E-state index in [-0.39, 0.29) is 46.2 Å². The van der Waals surface area contributed by atoms with E-state index in [0.717, 1.165) is 66.8 Å². The van der Waals surface area contributed by atoms with Crippen LogP contribution in [0.2, 0.25) is 0 Å². The number of benzene rings is 15. The van der Waals surface area contributed by atoms with Crippen molar-refractivity contribution in [3.05, 3.63) is 454 Å². The van der Waals surface area contributed by atoms with Crippen LogP contribution in [0.15, 0.2) is 370 Å². The molecule has 0 aromatic heterocycles. The Bertz CT molecular complexity index is 5020. The number of hydrogen-bond donors (Lipinski definition) is 0. The van der Waals surface area contributed by atoms with Gasteiger partial charge < -0.3 is 71.1 Å². The van der Waals surface area contributed by atoms with Crippen LogP contribution in [0.5, 0.6) is 80.5 Å². The lowest BCUT2D eigenvalue weighted by Crippen LogP contribution is -2.26. The summed E-state index contributed by atoms with van der Waals surface area (Å²) in [5.41, 5.74) is 13.4. The number of esters is 1. The lowest BCUT2D eigenvalue weighted by Gasteiger charge is -2.18. The molecule has 0 spiro atoms. The standard InChI is InChI=1S/C109H97BrO16/c1-109(2,110)108(111)126-78-93-55-106(124-76-91-51-102(120-72-87-43-94(112-64-79-27-11-3-12-28-79)57-95(44-87)113-65-80-29-13-4-14-30-80)61-103(52-91)121-73-88-45-96(114-66-81-31-15-5-16-32-81)58-97(46-88)115-67-82-33-17-6-18-34-82)63-107(56-93)125-77-92-53-104(122-74-89-47-98(116-68-83-35-19-7-20-36-83)59-99(48-89)117-69-84-37-21-8-22-38-84)62-105(54-92)123-75-90-49-100(118-70-85-39-23-9-24-40-85)60-101(50-90)119-71-86-41-25-10-26-42-86/h3-63H,64-78H2,1-2H3. The molecule has 636 valence electrons. The van der Waals surface area contributed by atoms with Crippen LogP contribution >= 0.6 is 15.9 Å². The summed E-state index contributed by atoms with van der Waals surface area (Å²) in [5.74, 6) is 7.30. The van der Waals surface area contributed by atoms with Crippen LogP contribution in [0, 0.1) is 0 Å². The minimum Gasteiger partial charge on any atom is -0.489 e. The zero-order chi connectivity index (χ0) is 86.2. The van der Waals surface area contributed by atoms with E-state index in [1.54, 1.807) is 19.9 Å². The third kappa shape index (κ3) is 28.0. The largest absolute Gasteiger partial charge is 0.489 e. The van der Waals surface area contributed by atoms with E-state index in [4.69, 9.17) is 71.1 Å². The van der Waals surface area contributed by atoms with Gasteiger partial charge in [0.2, 0.25) is 0 Å². The fraction of sp³-hybridized carbons (Fsp3) is 0.165. The first-order chi connectivity index (χ1) is 61.8. The normalized spacial score (nSPS) is 11.0. The Hall–Kier alpha value is -14.6. The first kappa shape index (κ1) is 86.4. The Morgan fingerprint density at radius 2 is 0.286 bits per heavy atom. The van der Waals surface area contributed by atoms with Crippen LogP contribution in [-0.2, 0) is 109 Å². The molecule has 0 aliphatic heterocycles. The van der Waals surface area contributed by atoms with Crippen LogP contribution in [0.4, 0.5) is 0 Å². The fourth-order valence-corrected chi connectivity index (χ4v) is 13.5. The minimum atomic E-state index is -0.969. The summed E-state index contributed by atoms with van der Waals surface area (Å²) in [4.78, 5) is 13.5. The number of halogens is 1. The van der Waals surface area contributed by atoms with E-state index in [2.05, 4.69) is 15.9 Å². The van der Waals surface area contributed by atoms with Crippen molar-refractivity contribution in [1.29, 1.82) is 0 Å². The Kier molecular flexibility index (Phi) is 30.5. The second-order valence-corrected chi connectivity index (χ2v) is 32.6. The fourth-order valence-electron chi connectivity index (χ4n) is 13.4. The molecule has 126 heavy (non-hydrogen) atoms. The van der Waals surface area contributed by atoms with Crippen molar-refractivity contribution in [2.45, 2.75) is 117 Å². The maximum atomic E-state index is 13.5. The second kappa shape index (κ2) is 44.5. The zero-order valence-electron chi connectivity index (χ0n) is 70.2. The van der Waals surface area contributed by atoms with Crippen LogP contribution < -0.4 is 66.3 Å². The molecule has 0 heterocycles. The molecule has 0 saturated heterocycles. The van der Waals surface area contributed by atoms with Gasteiger partial charge in [-0.3, -0.25) is 4.79 Å². The van der Waals surface area contributed by atoms with Gasteiger partial charge in [-0.25, -0.2) is 0 Å². The quantitative estimate of drug-likeness (QED) is 0.0262. The number of alkyl halides is 1. The molecule has 0 amide bonds. The zero-order valence-corrected chi connectivity index (χ0v) is 71.8. The molecule has 0 bridgehead atoms. The molecule has 0 saturated carbocycles. The molecule has 0 unspecified atom stereocenters. The van der Waals surface area contributed by atoms with Crippen molar-refractivity contribution in [1.82, 2.24) is 0 Å². The summed E-state index contributed by atoms with van der Waals surface area (Å²) >= 11 is 3.50. The SMILES string of the molecule is CC(C)(Br)C(=O)OCc1cc(OCc2cc(OCc3cc(OCc4ccccc4)cc(OCc4ccccc4)c3)cc(OCc3cc(OCc4ccccc4)cc(OCc4ccccc4)c3)c2)cc(OCc2cc(OCc3cc(OCc4ccccc4)cc(OCc4ccccc4)c3)cc(OCc3cc(OCc4ccccc4)cc(OCc4ccccc4)c3)c2)c1. The van der Waals surface area contributed by atoms with E-state index >= 15 is 0 Å². The molecule has 16 nitrogen and oxygen atoms in total. The van der Waals surface area contributed by atoms with Gasteiger partial charge in [0.1, 0.15) is 184 Å². The molecule has 0 atom stereocenters. The first-order valence-corrected chi connectivity index (χ1v) is 42.5. The summed E-state index contributed by atoms with van der Waals surface area (Å²) in [6, 6.07) is 120. The van der Waals surface area contributed by atoms with Gasteiger partial charge in [0, 0.05) is 42.5 Å². The number of hydrogen-bond acceptors (Lipinski definition) is 16. The van der Waals surface area contributed by atoms with Crippen LogP contribution in [-0.4, -0.2) is 10.3 Å². The van der Waals surface area contributed by atoms with Gasteiger partial charge in [-0.15, -0.1) is 0 Å². The van der Waals surface area contributed by atoms with Crippen LogP contribution in [0.1, 0.15) is 97.3 Å². The highest BCUT2D eigenvalue weighted by molar-refractivity contribution is 9.10. The molecule has 15 aromatic carbocycles. The van der Waals surface area contributed by atoms with Gasteiger partial charge in [-0.2, -0.15) is 0 Å². The van der Waals surface area contributed by atoms with Crippen molar-refractivity contribution in [2.24, 2.45) is 0 Å². The summed E-state index contributed by atoms with van der Waals surface area (Å²) < 4.78 is 97.3. The van der Waals surface area contributed by atoms with Gasteiger partial charge in [-0.1, -0.05) is 259 Å². The molecule has 0 aliphatic rings. The maximum Gasteiger partial charge on any atom is 0.322 e. The van der Waals surface area contributed by atoms with E-state index in [9.17, 15) is 4.79 Å². The monoisotopic (exact) mass is 1740 g/mol. The number of rotatable bonds is 45. The Morgan fingerprint density at radius 1 is 0.175 bits per heavy atom. The van der Waals surface area contributed by atoms with E-state index < -0.39 is 10.3 Å². The summed E-state index contributed by atoms with van der Waals surface area (Å²) in [6.45, 7) is 6.72. The second-order valence-electron chi connectivity index (χ2n) is 30.7. The van der Waals surface area contributed by atoms with E-state index in [1.165, 1.54) is 0 Å². The van der Waals surface area contributed by atoms with Crippen molar-refractivity contribution < 1.29 is 75.8 Å². The highest BCUT2D eigenvalue weighted by atomic mass is 79.9. The third-order valence-corrected chi connectivity index (χ3v) is 20.2. The summed E-state index contributed by atoms with van der Waals surface area (Å²) in [7, 11) is 0. The lowest BCUT2D eigenvalue weighted by atomic mass is 10.1. The van der Waals surface area contributed by atoms with Gasteiger partial charge in [0.25, 0.3) is 0 Å². The number of ether oxygens (including phenoxy) is 15. The molecular formula is C109H97BrO16. The van der Waals surface area contributed by atoms with E-state index in [1.807, 2.05) is 364 Å². The summed E-state index contributed by atoms with van der Waals surface area (Å²) in [6.07, 6.45) is 0. The molecule has 0 fully saturated rings. The Balaban J connectivity index is 0.726. The van der Waals surface area contributed by atoms with Crippen molar-refractivity contribution in [3.8, 4) is 80.5 Å². The van der Waals surface area contributed by atoms with Crippen LogP contribution in [0.3, 0.4) is 0 Å². The van der Waals surface area contributed by atoms with Gasteiger partial charge in [0.15, 0.2) is 0 Å². The Morgan fingerprint density at radius 3 is 0.405 bits per heavy atom. The van der Waals surface area contributed by atoms with Crippen molar-refractivity contribution in [3.63, 3.8) is 0 Å². The third-order valence-electron chi connectivity index (χ3n) is 19.9. The minimum absolute atomic E-state index is 0.0245. The topological polar surface area (TPSA) is 156 Å². The molecular weight excluding hydrogens is 1650 g/mol. The van der Waals surface area contributed by atoms with Gasteiger partial charge in [0.05, 0.1) is 0 Å². The van der Waals surface area contributed by atoms with Gasteiger partial charge in [-0.05, 0) is 182 Å². The lowest BCUT2D eigenvalue weighted by molar-refractivity contribution is -0.146. The number of carbonyl (C=O) groups is 1. The van der Waals surface area contributed by atoms with Crippen molar-refractivity contribution in [2.75, 3.05) is 0 Å². The molecule has 17 heteroatoms. The predicted octanol–water partition coefficient (Wildman–Crippen LogP) is 25.0. The van der Waals surface area contributed by atoms with Gasteiger partial charge >= 0.3 is 5.97 Å². The highest BCUT2D eigenvalue weighted by Crippen LogP contribution is 2.36. The summed E-state index contributed by atoms with van der Waals surface area (Å²) in [5, 5.41) is 0. The molecule has 15 rings (SSSR count). The van der Waals surface area contributed by atoms with Crippen molar-refractivity contribution >= 4 is 21.9 Å². The highest BCUT2D eigenvalue weighted by Gasteiger charge is 2.26. The molecule has 0 radical (unpaired) electrons. The van der Waals surface area contributed by atoms with Crippen LogP contribution in [0.25, 0.3) is 0 Å². The maximum absolute atomic E-state index is 13.5. The average molecular weight is 1740 g/mol. The molecule has 15 aromatic rings. The smallest absolute Gasteiger partial charge is 0.322 e. The predicted molar refractivity (Wildman–Crippen MR) is 490 cm³/mol. The first-order valence-electron chi connectivity index (χ1n) is 41.7. The average Bonchev–Trinajstić information content (AvgIpc) is 0.846. The molecule has 0 N–H and O–H groups in total. The van der Waals surface area contributed by atoms with E-state index in [0.29, 0.717) is 150 Å². The molecule has 0 aliphatic carbocycles.